The lowest BCUT2D eigenvalue weighted by Crippen LogP contribution is -2.39. The summed E-state index contributed by atoms with van der Waals surface area (Å²) < 4.78 is 6.01. The smallest absolute Gasteiger partial charge is 0.307 e. The summed E-state index contributed by atoms with van der Waals surface area (Å²) in [6, 6.07) is 17.3. The van der Waals surface area contributed by atoms with Crippen LogP contribution in [0.15, 0.2) is 48.5 Å². The van der Waals surface area contributed by atoms with Crippen LogP contribution in [0.3, 0.4) is 0 Å². The van der Waals surface area contributed by atoms with Gasteiger partial charge in [0.05, 0.1) is 5.92 Å². The van der Waals surface area contributed by atoms with Gasteiger partial charge < -0.3 is 14.7 Å². The Morgan fingerprint density at radius 3 is 2.30 bits per heavy atom. The van der Waals surface area contributed by atoms with Crippen LogP contribution in [-0.2, 0) is 9.53 Å². The van der Waals surface area contributed by atoms with Crippen LogP contribution in [0.2, 0.25) is 0 Å². The summed E-state index contributed by atoms with van der Waals surface area (Å²) in [5, 5.41) is 9.23. The van der Waals surface area contributed by atoms with E-state index in [1.165, 1.54) is 22.3 Å². The Morgan fingerprint density at radius 1 is 1.07 bits per heavy atom. The molecule has 2 aromatic rings. The van der Waals surface area contributed by atoms with Crippen LogP contribution >= 0.6 is 0 Å². The summed E-state index contributed by atoms with van der Waals surface area (Å²) in [5.74, 6) is -0.524. The van der Waals surface area contributed by atoms with Crippen molar-refractivity contribution in [1.82, 2.24) is 4.90 Å². The van der Waals surface area contributed by atoms with Crippen molar-refractivity contribution >= 4 is 5.97 Å². The van der Waals surface area contributed by atoms with Crippen LogP contribution in [0.25, 0.3) is 0 Å². The molecular weight excluding hydrogens is 374 g/mol. The Labute approximate surface area is 180 Å². The van der Waals surface area contributed by atoms with Gasteiger partial charge >= 0.3 is 5.97 Å². The van der Waals surface area contributed by atoms with Crippen LogP contribution in [-0.4, -0.2) is 48.8 Å². The maximum atomic E-state index is 11.2. The van der Waals surface area contributed by atoms with Gasteiger partial charge in [0, 0.05) is 32.2 Å². The van der Waals surface area contributed by atoms with E-state index in [2.05, 4.69) is 67.3 Å². The van der Waals surface area contributed by atoms with Crippen molar-refractivity contribution in [2.75, 3.05) is 32.8 Å². The van der Waals surface area contributed by atoms with Crippen molar-refractivity contribution in [3.05, 3.63) is 70.8 Å². The number of carboxylic acids is 1. The Bertz CT molecular complexity index is 774. The van der Waals surface area contributed by atoms with Gasteiger partial charge in [-0.1, -0.05) is 48.5 Å². The van der Waals surface area contributed by atoms with Gasteiger partial charge in [0.2, 0.25) is 0 Å². The molecule has 0 aromatic heterocycles. The molecule has 0 saturated carbocycles. The molecule has 1 N–H and O–H groups in total. The van der Waals surface area contributed by atoms with Crippen molar-refractivity contribution in [2.24, 2.45) is 5.92 Å². The molecule has 4 heteroatoms. The molecule has 1 saturated heterocycles. The third-order valence-electron chi connectivity index (χ3n) is 6.30. The highest BCUT2D eigenvalue weighted by molar-refractivity contribution is 5.70. The Balaban J connectivity index is 1.49. The zero-order valence-corrected chi connectivity index (χ0v) is 18.3. The first-order chi connectivity index (χ1) is 14.6. The number of aryl methyl sites for hydroxylation is 2. The number of benzene rings is 2. The number of nitrogens with zero attached hydrogens (tertiary/aromatic N) is 1. The molecule has 1 unspecified atom stereocenters. The fraction of sp³-hybridized carbons (Fsp3) is 0.500. The van der Waals surface area contributed by atoms with Crippen molar-refractivity contribution < 1.29 is 14.6 Å². The zero-order chi connectivity index (χ0) is 21.3. The molecule has 162 valence electrons. The molecule has 2 aromatic carbocycles. The molecule has 1 aliphatic heterocycles. The standard InChI is InChI=1S/C26H35NO3/c1-20-9-3-5-12-23(20)25(24-13-6-4-10-21(24)2)14-18-30-17-8-16-27-15-7-11-22(19-27)26(28)29/h3-6,9-10,12-13,22,25H,7-8,11,14-19H2,1-2H3,(H,28,29). The van der Waals surface area contributed by atoms with E-state index in [1.54, 1.807) is 0 Å². The highest BCUT2D eigenvalue weighted by Gasteiger charge is 2.24. The van der Waals surface area contributed by atoms with Gasteiger partial charge in [0.1, 0.15) is 0 Å². The molecule has 3 rings (SSSR count). The van der Waals surface area contributed by atoms with E-state index >= 15 is 0 Å². The largest absolute Gasteiger partial charge is 0.481 e. The minimum atomic E-state index is -0.658. The first-order valence-electron chi connectivity index (χ1n) is 11.2. The molecule has 0 bridgehead atoms. The summed E-state index contributed by atoms with van der Waals surface area (Å²) >= 11 is 0. The number of carboxylic acid groups (broad SMARTS) is 1. The third-order valence-corrected chi connectivity index (χ3v) is 6.30. The van der Waals surface area contributed by atoms with Crippen LogP contribution < -0.4 is 0 Å². The lowest BCUT2D eigenvalue weighted by atomic mass is 9.84. The Hall–Kier alpha value is -2.17. The maximum absolute atomic E-state index is 11.2. The summed E-state index contributed by atoms with van der Waals surface area (Å²) in [4.78, 5) is 13.5. The number of rotatable bonds is 10. The van der Waals surface area contributed by atoms with Gasteiger partial charge in [-0.25, -0.2) is 0 Å². The highest BCUT2D eigenvalue weighted by Crippen LogP contribution is 2.32. The number of likely N-dealkylation sites (tertiary alicyclic amines) is 1. The van der Waals surface area contributed by atoms with Gasteiger partial charge in [-0.2, -0.15) is 0 Å². The van der Waals surface area contributed by atoms with E-state index in [9.17, 15) is 9.90 Å². The zero-order valence-electron chi connectivity index (χ0n) is 18.3. The number of hydrogen-bond donors (Lipinski definition) is 1. The second-order valence-electron chi connectivity index (χ2n) is 8.50. The molecule has 4 nitrogen and oxygen atoms in total. The Morgan fingerprint density at radius 2 is 1.70 bits per heavy atom. The van der Waals surface area contributed by atoms with Crippen molar-refractivity contribution in [1.29, 1.82) is 0 Å². The lowest BCUT2D eigenvalue weighted by molar-refractivity contribution is -0.143. The van der Waals surface area contributed by atoms with Crippen LogP contribution in [0.4, 0.5) is 0 Å². The summed E-state index contributed by atoms with van der Waals surface area (Å²) in [7, 11) is 0. The number of ether oxygens (including phenoxy) is 1. The van der Waals surface area contributed by atoms with Crippen LogP contribution in [0.1, 0.15) is 53.9 Å². The summed E-state index contributed by atoms with van der Waals surface area (Å²) in [6.45, 7) is 8.43. The van der Waals surface area contributed by atoms with E-state index in [4.69, 9.17) is 4.74 Å². The molecule has 0 radical (unpaired) electrons. The number of aliphatic carboxylic acids is 1. The predicted octanol–water partition coefficient (Wildman–Crippen LogP) is 5.03. The molecule has 1 aliphatic rings. The molecule has 1 heterocycles. The van der Waals surface area contributed by atoms with Gasteiger partial charge in [0.15, 0.2) is 0 Å². The third kappa shape index (κ3) is 6.16. The number of hydrogen-bond acceptors (Lipinski definition) is 3. The van der Waals surface area contributed by atoms with Crippen LogP contribution in [0, 0.1) is 19.8 Å². The molecule has 0 amide bonds. The van der Waals surface area contributed by atoms with Gasteiger partial charge in [-0.15, -0.1) is 0 Å². The van der Waals surface area contributed by atoms with Gasteiger partial charge in [-0.3, -0.25) is 4.79 Å². The highest BCUT2D eigenvalue weighted by atomic mass is 16.5. The van der Waals surface area contributed by atoms with E-state index in [0.29, 0.717) is 12.5 Å². The van der Waals surface area contributed by atoms with Crippen molar-refractivity contribution in [2.45, 2.75) is 45.4 Å². The van der Waals surface area contributed by atoms with E-state index in [0.717, 1.165) is 52.0 Å². The molecular formula is C26H35NO3. The summed E-state index contributed by atoms with van der Waals surface area (Å²) in [5.41, 5.74) is 5.40. The molecule has 1 atom stereocenters. The molecule has 30 heavy (non-hydrogen) atoms. The monoisotopic (exact) mass is 409 g/mol. The fourth-order valence-electron chi connectivity index (χ4n) is 4.59. The van der Waals surface area contributed by atoms with E-state index < -0.39 is 5.97 Å². The Kier molecular flexibility index (Phi) is 8.47. The van der Waals surface area contributed by atoms with Crippen LogP contribution in [0.5, 0.6) is 0 Å². The number of piperidine rings is 1. The van der Waals surface area contributed by atoms with Crippen molar-refractivity contribution in [3.8, 4) is 0 Å². The van der Waals surface area contributed by atoms with Gasteiger partial charge in [-0.05, 0) is 68.3 Å². The van der Waals surface area contributed by atoms with Gasteiger partial charge in [0.25, 0.3) is 0 Å². The minimum absolute atomic E-state index is 0.205. The maximum Gasteiger partial charge on any atom is 0.307 e. The van der Waals surface area contributed by atoms with Crippen molar-refractivity contribution in [3.63, 3.8) is 0 Å². The van der Waals surface area contributed by atoms with E-state index in [1.807, 2.05) is 0 Å². The predicted molar refractivity (Wildman–Crippen MR) is 121 cm³/mol. The molecule has 1 fully saturated rings. The fourth-order valence-corrected chi connectivity index (χ4v) is 4.59. The average molecular weight is 410 g/mol. The second kappa shape index (κ2) is 11.3. The first kappa shape index (κ1) is 22.5. The summed E-state index contributed by atoms with van der Waals surface area (Å²) in [6.07, 6.45) is 3.69. The molecule has 0 aliphatic carbocycles. The quantitative estimate of drug-likeness (QED) is 0.559. The first-order valence-corrected chi connectivity index (χ1v) is 11.2. The normalized spacial score (nSPS) is 17.4. The lowest BCUT2D eigenvalue weighted by Gasteiger charge is -2.30. The minimum Gasteiger partial charge on any atom is -0.481 e. The molecule has 0 spiro atoms. The topological polar surface area (TPSA) is 49.8 Å². The second-order valence-corrected chi connectivity index (χ2v) is 8.50. The van der Waals surface area contributed by atoms with E-state index in [-0.39, 0.29) is 5.92 Å². The SMILES string of the molecule is Cc1ccccc1C(CCOCCCN1CCCC(C(=O)O)C1)c1ccccc1C. The number of carbonyl (C=O) groups is 1. The average Bonchev–Trinajstić information content (AvgIpc) is 2.75.